The van der Waals surface area contributed by atoms with Crippen molar-refractivity contribution in [3.8, 4) is 0 Å². The van der Waals surface area contributed by atoms with E-state index in [4.69, 9.17) is 16.4 Å². The Morgan fingerprint density at radius 2 is 1.65 bits per heavy atom. The van der Waals surface area contributed by atoms with Gasteiger partial charge in [0.1, 0.15) is 0 Å². The number of fused-ring (bicyclic) bond motifs is 1. The fourth-order valence-corrected chi connectivity index (χ4v) is 2.71. The van der Waals surface area contributed by atoms with Crippen LogP contribution in [0.25, 0.3) is 0 Å². The van der Waals surface area contributed by atoms with Gasteiger partial charge in [-0.2, -0.15) is 0 Å². The van der Waals surface area contributed by atoms with Crippen molar-refractivity contribution in [3.05, 3.63) is 69.7 Å². The molecule has 2 amide bonds. The molecule has 1 aliphatic rings. The van der Waals surface area contributed by atoms with E-state index in [0.717, 1.165) is 5.56 Å². The van der Waals surface area contributed by atoms with E-state index in [1.54, 1.807) is 24.3 Å². The summed E-state index contributed by atoms with van der Waals surface area (Å²) >= 11 is 6.07. The molecule has 0 spiro atoms. The molecule has 0 radical (unpaired) electrons. The minimum atomic E-state index is -0.726. The number of hydroxylamine groups is 2. The Labute approximate surface area is 137 Å². The first-order valence-corrected chi connectivity index (χ1v) is 7.29. The van der Waals surface area contributed by atoms with Crippen LogP contribution < -0.4 is 0 Å². The van der Waals surface area contributed by atoms with Crippen LogP contribution in [0.3, 0.4) is 0 Å². The average molecular weight is 330 g/mol. The van der Waals surface area contributed by atoms with Crippen molar-refractivity contribution in [2.45, 2.75) is 13.3 Å². The third-order valence-electron chi connectivity index (χ3n) is 3.62. The highest BCUT2D eigenvalue weighted by Gasteiger charge is 2.38. The van der Waals surface area contributed by atoms with Gasteiger partial charge >= 0.3 is 5.97 Å². The molecule has 0 saturated heterocycles. The van der Waals surface area contributed by atoms with Crippen LogP contribution >= 0.6 is 11.6 Å². The van der Waals surface area contributed by atoms with E-state index in [1.165, 1.54) is 12.1 Å². The maximum atomic E-state index is 12.1. The maximum absolute atomic E-state index is 12.1. The smallest absolute Gasteiger partial charge is 0.329 e. The van der Waals surface area contributed by atoms with Gasteiger partial charge in [-0.3, -0.25) is 9.59 Å². The Morgan fingerprint density at radius 1 is 1.04 bits per heavy atom. The summed E-state index contributed by atoms with van der Waals surface area (Å²) in [5.74, 6) is -2.01. The molecule has 6 heteroatoms. The van der Waals surface area contributed by atoms with Crippen molar-refractivity contribution in [1.82, 2.24) is 5.06 Å². The van der Waals surface area contributed by atoms with Crippen molar-refractivity contribution in [1.29, 1.82) is 0 Å². The van der Waals surface area contributed by atoms with Crippen LogP contribution in [0.15, 0.2) is 42.5 Å². The van der Waals surface area contributed by atoms with Crippen LogP contribution in [0.4, 0.5) is 0 Å². The summed E-state index contributed by atoms with van der Waals surface area (Å²) in [6.45, 7) is 1.82. The second-order valence-corrected chi connectivity index (χ2v) is 5.53. The van der Waals surface area contributed by atoms with E-state index in [-0.39, 0.29) is 17.5 Å². The van der Waals surface area contributed by atoms with Gasteiger partial charge in [0.25, 0.3) is 11.8 Å². The zero-order valence-corrected chi connectivity index (χ0v) is 13.0. The first-order valence-electron chi connectivity index (χ1n) is 6.91. The molecule has 2 aromatic carbocycles. The van der Waals surface area contributed by atoms with E-state index in [1.807, 2.05) is 13.0 Å². The number of benzene rings is 2. The summed E-state index contributed by atoms with van der Waals surface area (Å²) in [5.41, 5.74) is 1.88. The standard InChI is InChI=1S/C17H12ClNO4/c1-10-5-4-8-14(18)13(10)9-15(20)23-19-16(21)11-6-2-3-7-12(11)17(19)22/h2-8H,9H2,1H3. The fraction of sp³-hybridized carbons (Fsp3) is 0.118. The van der Waals surface area contributed by atoms with Gasteiger partial charge in [0, 0.05) is 5.02 Å². The maximum Gasteiger partial charge on any atom is 0.337 e. The van der Waals surface area contributed by atoms with Crippen LogP contribution in [-0.4, -0.2) is 22.8 Å². The number of rotatable bonds is 3. The molecular formula is C17H12ClNO4. The van der Waals surface area contributed by atoms with Gasteiger partial charge in [-0.1, -0.05) is 40.9 Å². The lowest BCUT2D eigenvalue weighted by Crippen LogP contribution is -2.33. The van der Waals surface area contributed by atoms with Crippen LogP contribution in [0.1, 0.15) is 31.8 Å². The molecule has 116 valence electrons. The topological polar surface area (TPSA) is 63.7 Å². The number of amides is 2. The quantitative estimate of drug-likeness (QED) is 0.812. The van der Waals surface area contributed by atoms with E-state index in [9.17, 15) is 14.4 Å². The highest BCUT2D eigenvalue weighted by molar-refractivity contribution is 6.31. The Kier molecular flexibility index (Phi) is 3.88. The Balaban J connectivity index is 1.77. The van der Waals surface area contributed by atoms with E-state index in [2.05, 4.69) is 0 Å². The second-order valence-electron chi connectivity index (χ2n) is 5.13. The summed E-state index contributed by atoms with van der Waals surface area (Å²) in [4.78, 5) is 41.3. The van der Waals surface area contributed by atoms with Crippen molar-refractivity contribution in [3.63, 3.8) is 0 Å². The SMILES string of the molecule is Cc1cccc(Cl)c1CC(=O)ON1C(=O)c2ccccc2C1=O. The van der Waals surface area contributed by atoms with Crippen LogP contribution in [0.2, 0.25) is 5.02 Å². The molecule has 0 saturated carbocycles. The predicted octanol–water partition coefficient (Wildman–Crippen LogP) is 2.95. The monoisotopic (exact) mass is 329 g/mol. The molecule has 23 heavy (non-hydrogen) atoms. The molecule has 1 heterocycles. The summed E-state index contributed by atoms with van der Waals surface area (Å²) in [5, 5.41) is 0.934. The Morgan fingerprint density at radius 3 is 2.22 bits per heavy atom. The lowest BCUT2D eigenvalue weighted by atomic mass is 10.1. The van der Waals surface area contributed by atoms with Crippen LogP contribution in [-0.2, 0) is 16.1 Å². The number of carbonyl (C=O) groups excluding carboxylic acids is 3. The number of hydrogen-bond acceptors (Lipinski definition) is 4. The fourth-order valence-electron chi connectivity index (χ4n) is 2.42. The largest absolute Gasteiger partial charge is 0.337 e. The van der Waals surface area contributed by atoms with Gasteiger partial charge in [-0.15, -0.1) is 0 Å². The number of aryl methyl sites for hydroxylation is 1. The Hall–Kier alpha value is -2.66. The average Bonchev–Trinajstić information content (AvgIpc) is 2.77. The number of nitrogens with zero attached hydrogens (tertiary/aromatic N) is 1. The summed E-state index contributed by atoms with van der Waals surface area (Å²) in [6, 6.07) is 11.6. The second kappa shape index (κ2) is 5.85. The highest BCUT2D eigenvalue weighted by atomic mass is 35.5. The minimum absolute atomic E-state index is 0.126. The number of hydrogen-bond donors (Lipinski definition) is 0. The molecule has 3 rings (SSSR count). The number of imide groups is 1. The van der Waals surface area contributed by atoms with Gasteiger partial charge < -0.3 is 4.84 Å². The van der Waals surface area contributed by atoms with Crippen LogP contribution in [0.5, 0.6) is 0 Å². The zero-order valence-electron chi connectivity index (χ0n) is 12.2. The molecule has 5 nitrogen and oxygen atoms in total. The minimum Gasteiger partial charge on any atom is -0.329 e. The van der Waals surface area contributed by atoms with E-state index in [0.29, 0.717) is 15.6 Å². The molecule has 0 aliphatic carbocycles. The zero-order chi connectivity index (χ0) is 16.6. The molecule has 0 aromatic heterocycles. The molecule has 2 aromatic rings. The molecule has 0 N–H and O–H groups in total. The van der Waals surface area contributed by atoms with Gasteiger partial charge in [0.2, 0.25) is 0 Å². The summed E-state index contributed by atoms with van der Waals surface area (Å²) in [6.07, 6.45) is -0.126. The van der Waals surface area contributed by atoms with Crippen LogP contribution in [0, 0.1) is 6.92 Å². The lowest BCUT2D eigenvalue weighted by molar-refractivity contribution is -0.167. The summed E-state index contributed by atoms with van der Waals surface area (Å²) < 4.78 is 0. The molecule has 0 fully saturated rings. The van der Waals surface area contributed by atoms with E-state index >= 15 is 0 Å². The normalized spacial score (nSPS) is 13.2. The number of carbonyl (C=O) groups is 3. The third-order valence-corrected chi connectivity index (χ3v) is 3.98. The molecular weight excluding hydrogens is 318 g/mol. The van der Waals surface area contributed by atoms with Gasteiger partial charge in [0.15, 0.2) is 0 Å². The molecule has 0 atom stereocenters. The van der Waals surface area contributed by atoms with Gasteiger partial charge in [0.05, 0.1) is 17.5 Å². The van der Waals surface area contributed by atoms with Crippen molar-refractivity contribution in [2.75, 3.05) is 0 Å². The van der Waals surface area contributed by atoms with Crippen molar-refractivity contribution >= 4 is 29.4 Å². The van der Waals surface area contributed by atoms with Gasteiger partial charge in [-0.05, 0) is 36.2 Å². The lowest BCUT2D eigenvalue weighted by Gasteiger charge is -2.13. The molecule has 0 unspecified atom stereocenters. The first kappa shape index (κ1) is 15.2. The highest BCUT2D eigenvalue weighted by Crippen LogP contribution is 2.24. The Bertz CT molecular complexity index is 776. The van der Waals surface area contributed by atoms with Gasteiger partial charge in [-0.25, -0.2) is 4.79 Å². The predicted molar refractivity (Wildman–Crippen MR) is 82.9 cm³/mol. The van der Waals surface area contributed by atoms with E-state index < -0.39 is 17.8 Å². The molecule has 1 aliphatic heterocycles. The first-order chi connectivity index (χ1) is 11.0. The summed E-state index contributed by atoms with van der Waals surface area (Å²) in [7, 11) is 0. The third kappa shape index (κ3) is 2.71. The molecule has 0 bridgehead atoms. The number of halogens is 1. The van der Waals surface area contributed by atoms with Crippen molar-refractivity contribution < 1.29 is 19.2 Å². The van der Waals surface area contributed by atoms with Crippen molar-refractivity contribution in [2.24, 2.45) is 0 Å².